The van der Waals surface area contributed by atoms with E-state index >= 15 is 0 Å². The molecule has 0 aliphatic rings. The first-order valence-electron chi connectivity index (χ1n) is 10.3. The summed E-state index contributed by atoms with van der Waals surface area (Å²) in [5, 5.41) is 4.79. The van der Waals surface area contributed by atoms with Crippen LogP contribution in [0.4, 0.5) is 0 Å². The highest BCUT2D eigenvalue weighted by Gasteiger charge is 2.06. The average Bonchev–Trinajstić information content (AvgIpc) is 2.86. The maximum Gasteiger partial charge on any atom is 0.140 e. The van der Waals surface area contributed by atoms with E-state index in [9.17, 15) is 0 Å². The highest BCUT2D eigenvalue weighted by Crippen LogP contribution is 2.18. The minimum atomic E-state index is 0.439. The average molecular weight is 424 g/mol. The van der Waals surface area contributed by atoms with E-state index in [1.807, 2.05) is 84.9 Å². The molecule has 4 rings (SSSR count). The van der Waals surface area contributed by atoms with E-state index < -0.39 is 0 Å². The normalized spacial score (nSPS) is 11.7. The Hall–Kier alpha value is -4.16. The first-order valence-corrected chi connectivity index (χ1v) is 10.3. The Morgan fingerprint density at radius 1 is 0.875 bits per heavy atom. The molecule has 0 fully saturated rings. The second kappa shape index (κ2) is 10.2. The molecule has 6 heteroatoms. The van der Waals surface area contributed by atoms with Crippen LogP contribution in [0.15, 0.2) is 90.0 Å². The van der Waals surface area contributed by atoms with E-state index in [1.54, 1.807) is 0 Å². The Kier molecular flexibility index (Phi) is 6.75. The van der Waals surface area contributed by atoms with Gasteiger partial charge in [0.05, 0.1) is 11.2 Å². The second-order valence-corrected chi connectivity index (χ2v) is 7.29. The Labute approximate surface area is 187 Å². The summed E-state index contributed by atoms with van der Waals surface area (Å²) in [5.41, 5.74) is 7.61. The maximum absolute atomic E-state index is 5.99. The highest BCUT2D eigenvalue weighted by atomic mass is 16.5. The van der Waals surface area contributed by atoms with Gasteiger partial charge in [0.15, 0.2) is 0 Å². The van der Waals surface area contributed by atoms with Crippen molar-refractivity contribution in [2.45, 2.75) is 13.0 Å². The fourth-order valence-corrected chi connectivity index (χ4v) is 3.38. The van der Waals surface area contributed by atoms with Crippen LogP contribution in [0.3, 0.4) is 0 Å². The number of nitrogens with two attached hydrogens (primary N) is 2. The molecule has 32 heavy (non-hydrogen) atoms. The van der Waals surface area contributed by atoms with E-state index in [4.69, 9.17) is 16.4 Å². The summed E-state index contributed by atoms with van der Waals surface area (Å²) in [5.74, 6) is 12.1. The number of hydrogen-bond acceptors (Lipinski definition) is 5. The monoisotopic (exact) mass is 423 g/mol. The van der Waals surface area contributed by atoms with Gasteiger partial charge in [0.2, 0.25) is 0 Å². The van der Waals surface area contributed by atoms with Crippen molar-refractivity contribution < 1.29 is 4.74 Å². The maximum atomic E-state index is 5.99. The molecular weight excluding hydrogens is 398 g/mol. The molecule has 0 saturated heterocycles. The zero-order valence-corrected chi connectivity index (χ0v) is 17.6. The third-order valence-electron chi connectivity index (χ3n) is 5.14. The van der Waals surface area contributed by atoms with Gasteiger partial charge in [-0.15, -0.1) is 0 Å². The molecule has 0 unspecified atom stereocenters. The molecule has 4 aromatic rings. The molecule has 0 aliphatic heterocycles. The van der Waals surface area contributed by atoms with Gasteiger partial charge < -0.3 is 16.0 Å². The SMILES string of the molecule is N/N=C(/Cc1ccccc1COc1ccc(/C=C/c2ccc3ccccc3n2)cc1)NN. The summed E-state index contributed by atoms with van der Waals surface area (Å²) in [6.45, 7) is 0.439. The Morgan fingerprint density at radius 2 is 1.62 bits per heavy atom. The van der Waals surface area contributed by atoms with Crippen molar-refractivity contribution in [2.75, 3.05) is 0 Å². The molecule has 0 amide bonds. The number of aromatic nitrogens is 1. The third-order valence-corrected chi connectivity index (χ3v) is 5.14. The molecule has 5 N–H and O–H groups in total. The van der Waals surface area contributed by atoms with Crippen LogP contribution >= 0.6 is 0 Å². The summed E-state index contributed by atoms with van der Waals surface area (Å²) in [7, 11) is 0. The van der Waals surface area contributed by atoms with Crippen LogP contribution in [0, 0.1) is 0 Å². The molecule has 0 bridgehead atoms. The number of ether oxygens (including phenoxy) is 1. The molecular formula is C26H25N5O. The number of nitrogens with zero attached hydrogens (tertiary/aromatic N) is 2. The zero-order valence-electron chi connectivity index (χ0n) is 17.6. The molecule has 1 aromatic heterocycles. The predicted octanol–water partition coefficient (Wildman–Crippen LogP) is 4.26. The lowest BCUT2D eigenvalue weighted by molar-refractivity contribution is 0.305. The summed E-state index contributed by atoms with van der Waals surface area (Å²) in [6.07, 6.45) is 4.57. The summed E-state index contributed by atoms with van der Waals surface area (Å²) < 4.78 is 5.99. The number of rotatable bonds is 7. The van der Waals surface area contributed by atoms with Gasteiger partial charge in [-0.05, 0) is 47.0 Å². The molecule has 0 spiro atoms. The van der Waals surface area contributed by atoms with E-state index in [0.717, 1.165) is 39.0 Å². The van der Waals surface area contributed by atoms with Gasteiger partial charge in [-0.2, -0.15) is 5.10 Å². The topological polar surface area (TPSA) is 98.5 Å². The molecule has 1 heterocycles. The summed E-state index contributed by atoms with van der Waals surface area (Å²) in [4.78, 5) is 4.67. The fourth-order valence-electron chi connectivity index (χ4n) is 3.38. The van der Waals surface area contributed by atoms with E-state index in [0.29, 0.717) is 18.9 Å². The van der Waals surface area contributed by atoms with Gasteiger partial charge >= 0.3 is 0 Å². The minimum Gasteiger partial charge on any atom is -0.489 e. The summed E-state index contributed by atoms with van der Waals surface area (Å²) >= 11 is 0. The molecule has 0 radical (unpaired) electrons. The first-order chi connectivity index (χ1) is 15.7. The van der Waals surface area contributed by atoms with Crippen LogP contribution in [0.25, 0.3) is 23.1 Å². The van der Waals surface area contributed by atoms with Crippen molar-refractivity contribution in [3.63, 3.8) is 0 Å². The molecule has 6 nitrogen and oxygen atoms in total. The smallest absolute Gasteiger partial charge is 0.140 e. The van der Waals surface area contributed by atoms with E-state index in [2.05, 4.69) is 27.6 Å². The highest BCUT2D eigenvalue weighted by molar-refractivity contribution is 5.84. The number of amidine groups is 1. The number of hydrazine groups is 1. The van der Waals surface area contributed by atoms with Gasteiger partial charge in [-0.1, -0.05) is 66.7 Å². The van der Waals surface area contributed by atoms with Gasteiger partial charge in [-0.3, -0.25) is 0 Å². The Bertz CT molecular complexity index is 1250. The van der Waals surface area contributed by atoms with E-state index in [1.165, 1.54) is 0 Å². The van der Waals surface area contributed by atoms with Gasteiger partial charge in [0.1, 0.15) is 18.2 Å². The van der Waals surface area contributed by atoms with Crippen molar-refractivity contribution in [3.8, 4) is 5.75 Å². The van der Waals surface area contributed by atoms with Gasteiger partial charge in [0.25, 0.3) is 0 Å². The van der Waals surface area contributed by atoms with Crippen molar-refractivity contribution in [3.05, 3.63) is 107 Å². The van der Waals surface area contributed by atoms with Crippen molar-refractivity contribution in [1.29, 1.82) is 0 Å². The van der Waals surface area contributed by atoms with Crippen LogP contribution in [0.5, 0.6) is 5.75 Å². The largest absolute Gasteiger partial charge is 0.489 e. The number of benzene rings is 3. The molecule has 160 valence electrons. The van der Waals surface area contributed by atoms with Gasteiger partial charge in [-0.25, -0.2) is 10.8 Å². The van der Waals surface area contributed by atoms with Crippen LogP contribution in [-0.4, -0.2) is 10.8 Å². The lowest BCUT2D eigenvalue weighted by atomic mass is 10.0. The first kappa shape index (κ1) is 21.1. The molecule has 0 aliphatic carbocycles. The number of pyridine rings is 1. The number of para-hydroxylation sites is 1. The van der Waals surface area contributed by atoms with Crippen LogP contribution in [0.1, 0.15) is 22.4 Å². The standard InChI is InChI=1S/C26H25N5O/c27-30-26(31-28)17-21-6-1-2-7-22(21)18-32-24-15-10-19(11-16-24)9-13-23-14-12-20-5-3-4-8-25(20)29-23/h1-16H,17-18,27-28H2,(H,30,31)/b13-9+. The Balaban J connectivity index is 1.39. The van der Waals surface area contributed by atoms with Crippen LogP contribution in [0.2, 0.25) is 0 Å². The number of hydrazone groups is 1. The van der Waals surface area contributed by atoms with Crippen LogP contribution < -0.4 is 21.8 Å². The predicted molar refractivity (Wildman–Crippen MR) is 131 cm³/mol. The number of hydrogen-bond donors (Lipinski definition) is 3. The van der Waals surface area contributed by atoms with Crippen LogP contribution in [-0.2, 0) is 13.0 Å². The zero-order chi connectivity index (χ0) is 22.2. The lowest BCUT2D eigenvalue weighted by Gasteiger charge is -2.12. The third kappa shape index (κ3) is 5.30. The van der Waals surface area contributed by atoms with Gasteiger partial charge in [0, 0.05) is 11.8 Å². The van der Waals surface area contributed by atoms with Crippen molar-refractivity contribution >= 4 is 28.9 Å². The minimum absolute atomic E-state index is 0.439. The number of nitrogens with one attached hydrogen (secondary N) is 1. The quantitative estimate of drug-likeness (QED) is 0.179. The molecule has 3 aromatic carbocycles. The summed E-state index contributed by atoms with van der Waals surface area (Å²) in [6, 6.07) is 28.2. The Morgan fingerprint density at radius 3 is 2.41 bits per heavy atom. The van der Waals surface area contributed by atoms with Crippen molar-refractivity contribution in [1.82, 2.24) is 10.4 Å². The second-order valence-electron chi connectivity index (χ2n) is 7.29. The van der Waals surface area contributed by atoms with Crippen molar-refractivity contribution in [2.24, 2.45) is 16.8 Å². The van der Waals surface area contributed by atoms with E-state index in [-0.39, 0.29) is 0 Å². The molecule has 0 saturated carbocycles. The molecule has 0 atom stereocenters. The fraction of sp³-hybridized carbons (Fsp3) is 0.0769. The number of fused-ring (bicyclic) bond motifs is 1. The lowest BCUT2D eigenvalue weighted by Crippen LogP contribution is -2.33.